The minimum atomic E-state index is -0.262. The van der Waals surface area contributed by atoms with Gasteiger partial charge in [0.2, 0.25) is 5.69 Å². The van der Waals surface area contributed by atoms with Gasteiger partial charge in [-0.3, -0.25) is 4.79 Å². The van der Waals surface area contributed by atoms with Crippen molar-refractivity contribution in [1.82, 2.24) is 14.9 Å². The molecule has 7 nitrogen and oxygen atoms in total. The first-order chi connectivity index (χ1) is 12.6. The van der Waals surface area contributed by atoms with Crippen molar-refractivity contribution in [2.24, 2.45) is 0 Å². The zero-order chi connectivity index (χ0) is 18.5. The number of aromatic nitrogens is 2. The topological polar surface area (TPSA) is 88.3 Å². The number of hydrogen-bond donors (Lipinski definition) is 0. The highest BCUT2D eigenvalue weighted by Crippen LogP contribution is 2.26. The van der Waals surface area contributed by atoms with Crippen LogP contribution in [0.2, 0.25) is 5.02 Å². The maximum absolute atomic E-state index is 12.9. The Morgan fingerprint density at radius 1 is 1.38 bits per heavy atom. The van der Waals surface area contributed by atoms with E-state index in [1.54, 1.807) is 23.1 Å². The number of ether oxygens (including phenoxy) is 2. The molecule has 134 valence electrons. The number of carbonyl (C=O) groups excluding carboxylic acids is 1. The Labute approximate surface area is 156 Å². The molecular formula is C18H17ClN4O3. The maximum atomic E-state index is 12.9. The quantitative estimate of drug-likeness (QED) is 0.819. The number of nitriles is 1. The molecule has 2 aromatic rings. The summed E-state index contributed by atoms with van der Waals surface area (Å²) in [7, 11) is 1.51. The highest BCUT2D eigenvalue weighted by atomic mass is 35.5. The molecule has 3 rings (SSSR count). The molecule has 0 saturated carbocycles. The maximum Gasteiger partial charge on any atom is 0.257 e. The summed E-state index contributed by atoms with van der Waals surface area (Å²) >= 11 is 6.03. The van der Waals surface area contributed by atoms with Gasteiger partial charge in [-0.25, -0.2) is 9.97 Å². The SMILES string of the molecule is COc1ccc(Cl)cc1C(=O)N1CCCC(Oc2nccnc2C#N)C1. The molecule has 1 unspecified atom stereocenters. The largest absolute Gasteiger partial charge is 0.496 e. The summed E-state index contributed by atoms with van der Waals surface area (Å²) in [6, 6.07) is 6.91. The van der Waals surface area contributed by atoms with Crippen molar-refractivity contribution in [2.45, 2.75) is 18.9 Å². The number of benzene rings is 1. The molecular weight excluding hydrogens is 356 g/mol. The third kappa shape index (κ3) is 3.86. The van der Waals surface area contributed by atoms with Crippen molar-refractivity contribution in [1.29, 1.82) is 5.26 Å². The van der Waals surface area contributed by atoms with Crippen LogP contribution in [0.5, 0.6) is 11.6 Å². The molecule has 0 aliphatic carbocycles. The standard InChI is InChI=1S/C18H17ClN4O3/c1-25-16-5-4-12(19)9-14(16)18(24)23-8-2-3-13(11-23)26-17-15(10-20)21-6-7-22-17/h4-7,9,13H,2-3,8,11H2,1H3. The Hall–Kier alpha value is -2.85. The average molecular weight is 373 g/mol. The normalized spacial score (nSPS) is 16.7. The highest BCUT2D eigenvalue weighted by molar-refractivity contribution is 6.31. The van der Waals surface area contributed by atoms with Gasteiger partial charge in [0.05, 0.1) is 19.2 Å². The van der Waals surface area contributed by atoms with Crippen LogP contribution in [-0.2, 0) is 0 Å². The number of nitrogens with zero attached hydrogens (tertiary/aromatic N) is 4. The zero-order valence-corrected chi connectivity index (χ0v) is 14.9. The monoisotopic (exact) mass is 372 g/mol. The van der Waals surface area contributed by atoms with Gasteiger partial charge in [0.15, 0.2) is 0 Å². The number of methoxy groups -OCH3 is 1. The molecule has 1 aromatic carbocycles. The van der Waals surface area contributed by atoms with Gasteiger partial charge >= 0.3 is 0 Å². The van der Waals surface area contributed by atoms with Crippen LogP contribution in [-0.4, -0.2) is 47.1 Å². The number of amides is 1. The molecule has 0 N–H and O–H groups in total. The summed E-state index contributed by atoms with van der Waals surface area (Å²) in [6.45, 7) is 0.996. The van der Waals surface area contributed by atoms with Gasteiger partial charge < -0.3 is 14.4 Å². The smallest absolute Gasteiger partial charge is 0.257 e. The second-order valence-electron chi connectivity index (χ2n) is 5.80. The van der Waals surface area contributed by atoms with Crippen molar-refractivity contribution in [3.63, 3.8) is 0 Å². The van der Waals surface area contributed by atoms with Crippen LogP contribution >= 0.6 is 11.6 Å². The molecule has 0 radical (unpaired) electrons. The van der Waals surface area contributed by atoms with Gasteiger partial charge in [-0.1, -0.05) is 11.6 Å². The Morgan fingerprint density at radius 2 is 2.19 bits per heavy atom. The van der Waals surface area contributed by atoms with Crippen molar-refractivity contribution in [3.05, 3.63) is 46.9 Å². The molecule has 1 fully saturated rings. The average Bonchev–Trinajstić information content (AvgIpc) is 2.68. The van der Waals surface area contributed by atoms with Crippen molar-refractivity contribution >= 4 is 17.5 Å². The van der Waals surface area contributed by atoms with E-state index in [0.717, 1.165) is 12.8 Å². The molecule has 1 amide bonds. The molecule has 1 aromatic heterocycles. The Bertz CT molecular complexity index is 853. The second-order valence-corrected chi connectivity index (χ2v) is 6.24. The Balaban J connectivity index is 1.75. The number of likely N-dealkylation sites (tertiary alicyclic amines) is 1. The number of hydrogen-bond acceptors (Lipinski definition) is 6. The van der Waals surface area contributed by atoms with Crippen LogP contribution in [0.25, 0.3) is 0 Å². The van der Waals surface area contributed by atoms with E-state index >= 15 is 0 Å². The summed E-state index contributed by atoms with van der Waals surface area (Å²) in [6.07, 6.45) is 4.19. The van der Waals surface area contributed by atoms with Crippen LogP contribution in [0, 0.1) is 11.3 Å². The zero-order valence-electron chi connectivity index (χ0n) is 14.2. The molecule has 8 heteroatoms. The lowest BCUT2D eigenvalue weighted by atomic mass is 10.1. The number of rotatable bonds is 4. The molecule has 26 heavy (non-hydrogen) atoms. The van der Waals surface area contributed by atoms with Crippen molar-refractivity contribution in [3.8, 4) is 17.7 Å². The fraction of sp³-hybridized carbons (Fsp3) is 0.333. The molecule has 1 atom stereocenters. The summed E-state index contributed by atoms with van der Waals surface area (Å²) in [4.78, 5) is 22.6. The lowest BCUT2D eigenvalue weighted by Crippen LogP contribution is -2.44. The van der Waals surface area contributed by atoms with Gasteiger partial charge in [-0.2, -0.15) is 5.26 Å². The van der Waals surface area contributed by atoms with Crippen LogP contribution in [0.15, 0.2) is 30.6 Å². The fourth-order valence-electron chi connectivity index (χ4n) is 2.88. The lowest BCUT2D eigenvalue weighted by molar-refractivity contribution is 0.0523. The van der Waals surface area contributed by atoms with E-state index in [0.29, 0.717) is 29.4 Å². The van der Waals surface area contributed by atoms with E-state index in [1.165, 1.54) is 19.5 Å². The predicted molar refractivity (Wildman–Crippen MR) is 94.3 cm³/mol. The molecule has 1 saturated heterocycles. The Morgan fingerprint density at radius 3 is 2.96 bits per heavy atom. The number of piperidine rings is 1. The van der Waals surface area contributed by atoms with E-state index in [-0.39, 0.29) is 23.6 Å². The third-order valence-electron chi connectivity index (χ3n) is 4.11. The minimum absolute atomic E-state index is 0.132. The molecule has 0 bridgehead atoms. The molecule has 1 aliphatic heterocycles. The first-order valence-electron chi connectivity index (χ1n) is 8.13. The fourth-order valence-corrected chi connectivity index (χ4v) is 3.05. The summed E-state index contributed by atoms with van der Waals surface area (Å²) in [5.74, 6) is 0.495. The van der Waals surface area contributed by atoms with Crippen LogP contribution in [0.1, 0.15) is 28.9 Å². The predicted octanol–water partition coefficient (Wildman–Crippen LogP) is 2.69. The molecule has 0 spiro atoms. The number of carbonyl (C=O) groups is 1. The minimum Gasteiger partial charge on any atom is -0.496 e. The van der Waals surface area contributed by atoms with E-state index < -0.39 is 0 Å². The van der Waals surface area contributed by atoms with E-state index in [4.69, 9.17) is 26.3 Å². The highest BCUT2D eigenvalue weighted by Gasteiger charge is 2.28. The number of halogens is 1. The summed E-state index contributed by atoms with van der Waals surface area (Å²) < 4.78 is 11.1. The van der Waals surface area contributed by atoms with E-state index in [9.17, 15) is 4.79 Å². The summed E-state index contributed by atoms with van der Waals surface area (Å²) in [5, 5.41) is 9.57. The first-order valence-corrected chi connectivity index (χ1v) is 8.50. The van der Waals surface area contributed by atoms with Gasteiger partial charge in [0.25, 0.3) is 11.8 Å². The lowest BCUT2D eigenvalue weighted by Gasteiger charge is -2.33. The van der Waals surface area contributed by atoms with Gasteiger partial charge in [0.1, 0.15) is 17.9 Å². The Kier molecular flexibility index (Phi) is 5.54. The summed E-state index contributed by atoms with van der Waals surface area (Å²) in [5.41, 5.74) is 0.547. The van der Waals surface area contributed by atoms with Gasteiger partial charge in [-0.15, -0.1) is 0 Å². The van der Waals surface area contributed by atoms with Crippen LogP contribution < -0.4 is 9.47 Å². The van der Waals surface area contributed by atoms with Crippen molar-refractivity contribution in [2.75, 3.05) is 20.2 Å². The van der Waals surface area contributed by atoms with Crippen LogP contribution in [0.3, 0.4) is 0 Å². The van der Waals surface area contributed by atoms with Gasteiger partial charge in [-0.05, 0) is 31.0 Å². The third-order valence-corrected chi connectivity index (χ3v) is 4.34. The van der Waals surface area contributed by atoms with Crippen molar-refractivity contribution < 1.29 is 14.3 Å². The molecule has 2 heterocycles. The van der Waals surface area contributed by atoms with E-state index in [1.807, 2.05) is 6.07 Å². The van der Waals surface area contributed by atoms with Gasteiger partial charge in [0, 0.05) is 24.0 Å². The second kappa shape index (κ2) is 8.02. The molecule has 1 aliphatic rings. The van der Waals surface area contributed by atoms with E-state index in [2.05, 4.69) is 9.97 Å². The van der Waals surface area contributed by atoms with Crippen LogP contribution in [0.4, 0.5) is 0 Å². The first kappa shape index (κ1) is 18.0.